The molecular formula is C16H25FN2. The smallest absolute Gasteiger partial charge is 0.123 e. The summed E-state index contributed by atoms with van der Waals surface area (Å²) in [4.78, 5) is 2.54. The standard InChI is InChI=1S/C16H25FN2/c1-13(12-19-8-3-4-9-19)11-18-14(2)15-6-5-7-16(17)10-15/h5-7,10,13-14,18H,3-4,8-9,11-12H2,1-2H3. The van der Waals surface area contributed by atoms with Gasteiger partial charge in [0.05, 0.1) is 0 Å². The second kappa shape index (κ2) is 7.01. The molecule has 0 aromatic heterocycles. The van der Waals surface area contributed by atoms with Gasteiger partial charge in [-0.05, 0) is 63.0 Å². The predicted molar refractivity (Wildman–Crippen MR) is 77.7 cm³/mol. The lowest BCUT2D eigenvalue weighted by Gasteiger charge is -2.22. The maximum Gasteiger partial charge on any atom is 0.123 e. The number of likely N-dealkylation sites (tertiary alicyclic amines) is 1. The lowest BCUT2D eigenvalue weighted by Crippen LogP contribution is -2.32. The number of benzene rings is 1. The van der Waals surface area contributed by atoms with Crippen LogP contribution in [-0.4, -0.2) is 31.1 Å². The van der Waals surface area contributed by atoms with E-state index in [1.54, 1.807) is 12.1 Å². The molecule has 1 aliphatic rings. The summed E-state index contributed by atoms with van der Waals surface area (Å²) in [6.07, 6.45) is 2.69. The zero-order chi connectivity index (χ0) is 13.7. The van der Waals surface area contributed by atoms with E-state index < -0.39 is 0 Å². The lowest BCUT2D eigenvalue weighted by molar-refractivity contribution is 0.279. The Morgan fingerprint density at radius 2 is 2.00 bits per heavy atom. The fourth-order valence-electron chi connectivity index (χ4n) is 2.74. The SMILES string of the molecule is CC(CNC(C)c1cccc(F)c1)CN1CCCC1. The highest BCUT2D eigenvalue weighted by Gasteiger charge is 2.15. The van der Waals surface area contributed by atoms with E-state index in [2.05, 4.69) is 24.1 Å². The molecule has 1 heterocycles. The maximum atomic E-state index is 13.2. The second-order valence-electron chi connectivity index (χ2n) is 5.80. The minimum atomic E-state index is -0.156. The first-order valence-corrected chi connectivity index (χ1v) is 7.36. The first kappa shape index (κ1) is 14.5. The van der Waals surface area contributed by atoms with Crippen molar-refractivity contribution in [3.05, 3.63) is 35.6 Å². The third-order valence-electron chi connectivity index (χ3n) is 3.89. The molecule has 106 valence electrons. The van der Waals surface area contributed by atoms with Gasteiger partial charge in [0, 0.05) is 12.6 Å². The van der Waals surface area contributed by atoms with E-state index >= 15 is 0 Å². The van der Waals surface area contributed by atoms with Gasteiger partial charge in [-0.25, -0.2) is 4.39 Å². The van der Waals surface area contributed by atoms with Gasteiger partial charge in [0.15, 0.2) is 0 Å². The van der Waals surface area contributed by atoms with Gasteiger partial charge < -0.3 is 10.2 Å². The average molecular weight is 264 g/mol. The highest BCUT2D eigenvalue weighted by atomic mass is 19.1. The molecule has 0 radical (unpaired) electrons. The molecule has 3 heteroatoms. The van der Waals surface area contributed by atoms with Gasteiger partial charge in [-0.2, -0.15) is 0 Å². The van der Waals surface area contributed by atoms with E-state index in [9.17, 15) is 4.39 Å². The summed E-state index contributed by atoms with van der Waals surface area (Å²) >= 11 is 0. The summed E-state index contributed by atoms with van der Waals surface area (Å²) in [5, 5.41) is 3.51. The van der Waals surface area contributed by atoms with Crippen molar-refractivity contribution in [2.24, 2.45) is 5.92 Å². The number of hydrogen-bond acceptors (Lipinski definition) is 2. The van der Waals surface area contributed by atoms with E-state index in [-0.39, 0.29) is 11.9 Å². The van der Waals surface area contributed by atoms with Crippen molar-refractivity contribution in [2.45, 2.75) is 32.7 Å². The Morgan fingerprint density at radius 1 is 1.26 bits per heavy atom. The molecule has 0 saturated carbocycles. The van der Waals surface area contributed by atoms with Gasteiger partial charge >= 0.3 is 0 Å². The van der Waals surface area contributed by atoms with Crippen LogP contribution >= 0.6 is 0 Å². The Balaban J connectivity index is 1.74. The maximum absolute atomic E-state index is 13.2. The number of hydrogen-bond donors (Lipinski definition) is 1. The highest BCUT2D eigenvalue weighted by molar-refractivity contribution is 5.19. The van der Waals surface area contributed by atoms with Crippen LogP contribution in [0.5, 0.6) is 0 Å². The molecule has 1 N–H and O–H groups in total. The van der Waals surface area contributed by atoms with Crippen LogP contribution in [0, 0.1) is 11.7 Å². The molecule has 2 nitrogen and oxygen atoms in total. The fourth-order valence-corrected chi connectivity index (χ4v) is 2.74. The van der Waals surface area contributed by atoms with Crippen molar-refractivity contribution in [3.8, 4) is 0 Å². The fraction of sp³-hybridized carbons (Fsp3) is 0.625. The van der Waals surface area contributed by atoms with Crippen LogP contribution in [0.3, 0.4) is 0 Å². The summed E-state index contributed by atoms with van der Waals surface area (Å²) in [7, 11) is 0. The molecule has 2 unspecified atom stereocenters. The number of rotatable bonds is 6. The molecule has 0 spiro atoms. The third kappa shape index (κ3) is 4.59. The molecule has 1 saturated heterocycles. The normalized spacial score (nSPS) is 19.5. The van der Waals surface area contributed by atoms with Crippen LogP contribution in [0.1, 0.15) is 38.3 Å². The van der Waals surface area contributed by atoms with Crippen LogP contribution in [0.2, 0.25) is 0 Å². The van der Waals surface area contributed by atoms with Gasteiger partial charge in [-0.3, -0.25) is 0 Å². The Kier molecular flexibility index (Phi) is 5.34. The summed E-state index contributed by atoms with van der Waals surface area (Å²) in [5.41, 5.74) is 1.02. The van der Waals surface area contributed by atoms with Gasteiger partial charge in [0.1, 0.15) is 5.82 Å². The molecule has 1 fully saturated rings. The van der Waals surface area contributed by atoms with E-state index in [4.69, 9.17) is 0 Å². The van der Waals surface area contributed by atoms with Gasteiger partial charge in [-0.15, -0.1) is 0 Å². The first-order chi connectivity index (χ1) is 9.15. The topological polar surface area (TPSA) is 15.3 Å². The minimum absolute atomic E-state index is 0.156. The Labute approximate surface area is 116 Å². The van der Waals surface area contributed by atoms with Crippen LogP contribution in [-0.2, 0) is 0 Å². The van der Waals surface area contributed by atoms with Crippen molar-refractivity contribution in [1.82, 2.24) is 10.2 Å². The van der Waals surface area contributed by atoms with Crippen molar-refractivity contribution in [1.29, 1.82) is 0 Å². The molecule has 1 aromatic carbocycles. The number of nitrogens with one attached hydrogen (secondary N) is 1. The highest BCUT2D eigenvalue weighted by Crippen LogP contribution is 2.14. The van der Waals surface area contributed by atoms with E-state index in [0.29, 0.717) is 5.92 Å². The summed E-state index contributed by atoms with van der Waals surface area (Å²) in [6, 6.07) is 7.06. The largest absolute Gasteiger partial charge is 0.310 e. The van der Waals surface area contributed by atoms with Crippen molar-refractivity contribution in [2.75, 3.05) is 26.2 Å². The quantitative estimate of drug-likeness (QED) is 0.849. The van der Waals surface area contributed by atoms with Crippen molar-refractivity contribution < 1.29 is 4.39 Å². The summed E-state index contributed by atoms with van der Waals surface area (Å²) in [6.45, 7) is 9.03. The van der Waals surface area contributed by atoms with E-state index in [1.165, 1.54) is 38.5 Å². The average Bonchev–Trinajstić information content (AvgIpc) is 2.88. The third-order valence-corrected chi connectivity index (χ3v) is 3.89. The molecule has 1 aliphatic heterocycles. The zero-order valence-corrected chi connectivity index (χ0v) is 12.0. The van der Waals surface area contributed by atoms with Gasteiger partial charge in [-0.1, -0.05) is 19.1 Å². The van der Waals surface area contributed by atoms with Gasteiger partial charge in [0.25, 0.3) is 0 Å². The number of nitrogens with zero attached hydrogens (tertiary/aromatic N) is 1. The minimum Gasteiger partial charge on any atom is -0.310 e. The Hall–Kier alpha value is -0.930. The Morgan fingerprint density at radius 3 is 2.68 bits per heavy atom. The van der Waals surface area contributed by atoms with Crippen LogP contribution in [0.15, 0.2) is 24.3 Å². The van der Waals surface area contributed by atoms with Crippen LogP contribution in [0.25, 0.3) is 0 Å². The van der Waals surface area contributed by atoms with Crippen molar-refractivity contribution >= 4 is 0 Å². The lowest BCUT2D eigenvalue weighted by atomic mass is 10.1. The van der Waals surface area contributed by atoms with E-state index in [1.807, 2.05) is 6.07 Å². The molecule has 2 atom stereocenters. The molecule has 0 aliphatic carbocycles. The molecule has 0 bridgehead atoms. The van der Waals surface area contributed by atoms with Crippen LogP contribution in [0.4, 0.5) is 4.39 Å². The molecule has 19 heavy (non-hydrogen) atoms. The molecular weight excluding hydrogens is 239 g/mol. The molecule has 0 amide bonds. The zero-order valence-electron chi connectivity index (χ0n) is 12.0. The first-order valence-electron chi connectivity index (χ1n) is 7.36. The Bertz CT molecular complexity index is 388. The van der Waals surface area contributed by atoms with Crippen molar-refractivity contribution in [3.63, 3.8) is 0 Å². The van der Waals surface area contributed by atoms with Gasteiger partial charge in [0.2, 0.25) is 0 Å². The second-order valence-corrected chi connectivity index (χ2v) is 5.80. The predicted octanol–water partition coefficient (Wildman–Crippen LogP) is 3.21. The summed E-state index contributed by atoms with van der Waals surface area (Å²) in [5.74, 6) is 0.477. The molecule has 2 rings (SSSR count). The monoisotopic (exact) mass is 264 g/mol. The number of halogens is 1. The summed E-state index contributed by atoms with van der Waals surface area (Å²) < 4.78 is 13.2. The van der Waals surface area contributed by atoms with E-state index in [0.717, 1.165) is 12.1 Å². The van der Waals surface area contributed by atoms with Crippen LogP contribution < -0.4 is 5.32 Å². The molecule has 1 aromatic rings.